The molecule has 2 aromatic heterocycles. The van der Waals surface area contributed by atoms with Gasteiger partial charge in [-0.1, -0.05) is 0 Å². The van der Waals surface area contributed by atoms with E-state index in [9.17, 15) is 18.0 Å². The molecule has 0 spiro atoms. The quantitative estimate of drug-likeness (QED) is 0.216. The molecule has 13 heteroatoms. The second-order valence-electron chi connectivity index (χ2n) is 8.62. The number of alkyl halides is 4. The van der Waals surface area contributed by atoms with Crippen molar-refractivity contribution >= 4 is 23.4 Å². The molecule has 188 valence electrons. The number of hydrazone groups is 1. The number of carbonyl (C=O) groups is 1. The third-order valence-corrected chi connectivity index (χ3v) is 6.22. The molecule has 1 aliphatic heterocycles. The Bertz CT molecular complexity index is 1070. The zero-order valence-corrected chi connectivity index (χ0v) is 19.0. The molecule has 1 aliphatic carbocycles. The van der Waals surface area contributed by atoms with Crippen LogP contribution in [0.4, 0.5) is 29.2 Å². The second kappa shape index (κ2) is 9.64. The molecule has 0 aromatic carbocycles. The zero-order valence-electron chi connectivity index (χ0n) is 19.0. The monoisotopic (exact) mass is 494 g/mol. The van der Waals surface area contributed by atoms with Gasteiger partial charge in [0.05, 0.1) is 23.7 Å². The molecule has 1 amide bonds. The summed E-state index contributed by atoms with van der Waals surface area (Å²) in [5.74, 6) is 11.7. The fraction of sp³-hybridized carbons (Fsp3) is 0.455. The molecule has 2 aliphatic rings. The Morgan fingerprint density at radius 3 is 2.40 bits per heavy atom. The van der Waals surface area contributed by atoms with Gasteiger partial charge in [0.2, 0.25) is 0 Å². The van der Waals surface area contributed by atoms with Crippen LogP contribution in [0, 0.1) is 0 Å². The molecular weight excluding hydrogens is 468 g/mol. The van der Waals surface area contributed by atoms with Crippen molar-refractivity contribution < 1.29 is 22.4 Å². The van der Waals surface area contributed by atoms with Crippen LogP contribution >= 0.6 is 0 Å². The average Bonchev–Trinajstić information content (AvgIpc) is 3.69. The third kappa shape index (κ3) is 5.29. The molecule has 3 heterocycles. The number of hydrazine groups is 1. The van der Waals surface area contributed by atoms with Gasteiger partial charge in [-0.2, -0.15) is 18.3 Å². The number of carbonyl (C=O) groups excluding carboxylic acids is 1. The number of nitrogens with two attached hydrogens (primary N) is 2. The summed E-state index contributed by atoms with van der Waals surface area (Å²) in [4.78, 5) is 24.6. The van der Waals surface area contributed by atoms with Gasteiger partial charge in [0.15, 0.2) is 0 Å². The van der Waals surface area contributed by atoms with E-state index in [-0.39, 0.29) is 24.3 Å². The largest absolute Gasteiger partial charge is 0.417 e. The van der Waals surface area contributed by atoms with Crippen molar-refractivity contribution in [3.8, 4) is 0 Å². The molecule has 1 saturated heterocycles. The number of pyridine rings is 2. The van der Waals surface area contributed by atoms with Crippen molar-refractivity contribution in [2.75, 3.05) is 23.0 Å². The normalized spacial score (nSPS) is 21.1. The van der Waals surface area contributed by atoms with Crippen molar-refractivity contribution in [1.82, 2.24) is 14.9 Å². The van der Waals surface area contributed by atoms with Gasteiger partial charge < -0.3 is 15.6 Å². The van der Waals surface area contributed by atoms with E-state index < -0.39 is 24.0 Å². The Kier molecular flexibility index (Phi) is 6.79. The van der Waals surface area contributed by atoms with Gasteiger partial charge in [-0.3, -0.25) is 4.79 Å². The summed E-state index contributed by atoms with van der Waals surface area (Å²) in [5.41, 5.74) is -0.559. The number of amidine groups is 1. The number of piperidine rings is 1. The van der Waals surface area contributed by atoms with E-state index >= 15 is 4.39 Å². The highest BCUT2D eigenvalue weighted by atomic mass is 19.4. The number of halogens is 4. The molecule has 4 rings (SSSR count). The Balaban J connectivity index is 1.46. The van der Waals surface area contributed by atoms with Gasteiger partial charge in [-0.05, 0) is 50.5 Å². The Hall–Kier alpha value is -3.48. The van der Waals surface area contributed by atoms with Gasteiger partial charge in [-0.25, -0.2) is 25.2 Å². The van der Waals surface area contributed by atoms with Crippen LogP contribution in [0.3, 0.4) is 0 Å². The van der Waals surface area contributed by atoms with E-state index in [0.29, 0.717) is 30.2 Å². The lowest BCUT2D eigenvalue weighted by atomic mass is 9.99. The van der Waals surface area contributed by atoms with E-state index in [2.05, 4.69) is 15.1 Å². The third-order valence-electron chi connectivity index (χ3n) is 6.22. The van der Waals surface area contributed by atoms with Crippen LogP contribution in [0.5, 0.6) is 0 Å². The predicted octanol–water partition coefficient (Wildman–Crippen LogP) is 2.69. The van der Waals surface area contributed by atoms with E-state index in [0.717, 1.165) is 25.1 Å². The molecule has 35 heavy (non-hydrogen) atoms. The number of hydrogen-bond acceptors (Lipinski definition) is 7. The summed E-state index contributed by atoms with van der Waals surface area (Å²) in [6.45, 7) is 1.89. The molecule has 0 bridgehead atoms. The van der Waals surface area contributed by atoms with Crippen LogP contribution in [0.25, 0.3) is 0 Å². The summed E-state index contributed by atoms with van der Waals surface area (Å²) >= 11 is 0. The standard InChI is InChI=1S/C22H26F4N8O/c1-13(31-27)34(28)20-6-2-14(10-29-20)21(35)33(16-4-5-16)18-8-9-32(12-17(18)23)19-7-3-15(11-30-19)22(24,25)26/h2-3,6-7,10-11,16-18H,4-5,8-9,12,27-28H2,1H3/b31-13-/t17-,18?/m0/s1. The number of amides is 1. The van der Waals surface area contributed by atoms with Crippen molar-refractivity contribution in [1.29, 1.82) is 0 Å². The van der Waals surface area contributed by atoms with E-state index in [1.165, 1.54) is 17.3 Å². The lowest BCUT2D eigenvalue weighted by Crippen LogP contribution is -2.55. The van der Waals surface area contributed by atoms with Crippen LogP contribution in [0.2, 0.25) is 0 Å². The fourth-order valence-electron chi connectivity index (χ4n) is 4.13. The van der Waals surface area contributed by atoms with Crippen molar-refractivity contribution in [3.63, 3.8) is 0 Å². The maximum absolute atomic E-state index is 15.4. The first kappa shape index (κ1) is 24.6. The molecule has 1 unspecified atom stereocenters. The molecule has 2 aromatic rings. The van der Waals surface area contributed by atoms with Crippen molar-refractivity contribution in [2.24, 2.45) is 16.8 Å². The summed E-state index contributed by atoms with van der Waals surface area (Å²) in [5, 5.41) is 4.67. The number of nitrogens with zero attached hydrogens (tertiary/aromatic N) is 6. The topological polar surface area (TPSA) is 117 Å². The van der Waals surface area contributed by atoms with Crippen molar-refractivity contribution in [2.45, 2.75) is 50.6 Å². The van der Waals surface area contributed by atoms with Crippen LogP contribution in [-0.4, -0.2) is 58.0 Å². The minimum atomic E-state index is -4.49. The lowest BCUT2D eigenvalue weighted by molar-refractivity contribution is -0.137. The number of rotatable bonds is 5. The number of hydrogen-bond donors (Lipinski definition) is 2. The van der Waals surface area contributed by atoms with E-state index in [4.69, 9.17) is 11.7 Å². The van der Waals surface area contributed by atoms with Crippen LogP contribution in [-0.2, 0) is 6.18 Å². The van der Waals surface area contributed by atoms with Gasteiger partial charge in [-0.15, -0.1) is 0 Å². The molecule has 2 atom stereocenters. The Labute approximate surface area is 199 Å². The van der Waals surface area contributed by atoms with Crippen LogP contribution < -0.4 is 21.6 Å². The highest BCUT2D eigenvalue weighted by molar-refractivity contribution is 5.96. The number of aromatic nitrogens is 2. The summed E-state index contributed by atoms with van der Waals surface area (Å²) in [6.07, 6.45) is -1.87. The van der Waals surface area contributed by atoms with E-state index in [1.54, 1.807) is 28.9 Å². The molecule has 2 fully saturated rings. The van der Waals surface area contributed by atoms with Crippen LogP contribution in [0.1, 0.15) is 42.1 Å². The fourth-order valence-corrected chi connectivity index (χ4v) is 4.13. The van der Waals surface area contributed by atoms with E-state index in [1.807, 2.05) is 0 Å². The predicted molar refractivity (Wildman–Crippen MR) is 122 cm³/mol. The number of anilines is 2. The maximum atomic E-state index is 15.4. The van der Waals surface area contributed by atoms with Gasteiger partial charge in [0, 0.05) is 25.0 Å². The molecule has 4 N–H and O–H groups in total. The SMILES string of the molecule is C/C(=N/N)N(N)c1ccc(C(=O)N(C2CC2)C2CCN(c3ccc(C(F)(F)F)cn3)C[C@@H]2F)cn1. The van der Waals surface area contributed by atoms with Gasteiger partial charge in [0.25, 0.3) is 5.91 Å². The summed E-state index contributed by atoms with van der Waals surface area (Å²) in [6, 6.07) is 4.58. The molecular formula is C22H26F4N8O. The molecule has 0 radical (unpaired) electrons. The zero-order chi connectivity index (χ0) is 25.3. The van der Waals surface area contributed by atoms with Gasteiger partial charge >= 0.3 is 6.18 Å². The van der Waals surface area contributed by atoms with Crippen LogP contribution in [0.15, 0.2) is 41.8 Å². The Morgan fingerprint density at radius 1 is 1.14 bits per heavy atom. The highest BCUT2D eigenvalue weighted by Gasteiger charge is 2.43. The highest BCUT2D eigenvalue weighted by Crippen LogP contribution is 2.35. The first-order valence-electron chi connectivity index (χ1n) is 11.1. The smallest absolute Gasteiger partial charge is 0.354 e. The van der Waals surface area contributed by atoms with Crippen molar-refractivity contribution in [3.05, 3.63) is 47.8 Å². The summed E-state index contributed by atoms with van der Waals surface area (Å²) in [7, 11) is 0. The first-order chi connectivity index (χ1) is 16.6. The maximum Gasteiger partial charge on any atom is 0.417 e. The molecule has 9 nitrogen and oxygen atoms in total. The molecule has 1 saturated carbocycles. The Morgan fingerprint density at radius 2 is 1.89 bits per heavy atom. The summed E-state index contributed by atoms with van der Waals surface area (Å²) < 4.78 is 53.8. The second-order valence-corrected chi connectivity index (χ2v) is 8.62. The minimum Gasteiger partial charge on any atom is -0.354 e. The van der Waals surface area contributed by atoms with Gasteiger partial charge in [0.1, 0.15) is 23.6 Å². The minimum absolute atomic E-state index is 0.0567. The average molecular weight is 494 g/mol. The first-order valence-corrected chi connectivity index (χ1v) is 11.1. The lowest BCUT2D eigenvalue weighted by Gasteiger charge is -2.41.